The molecule has 1 saturated carbocycles. The molecule has 1 aliphatic carbocycles. The van der Waals surface area contributed by atoms with Crippen molar-refractivity contribution in [2.75, 3.05) is 13.6 Å². The third kappa shape index (κ3) is 3.81. The first-order chi connectivity index (χ1) is 8.59. The molecular formula is C15H22BrNO. The highest BCUT2D eigenvalue weighted by molar-refractivity contribution is 9.10. The lowest BCUT2D eigenvalue weighted by molar-refractivity contribution is -0.0224. The maximum absolute atomic E-state index is 10.5. The summed E-state index contributed by atoms with van der Waals surface area (Å²) in [6, 6.07) is 8.29. The molecule has 0 unspecified atom stereocenters. The van der Waals surface area contributed by atoms with Crippen molar-refractivity contribution in [3.05, 3.63) is 34.3 Å². The minimum Gasteiger partial charge on any atom is -0.389 e. The van der Waals surface area contributed by atoms with E-state index < -0.39 is 5.60 Å². The lowest BCUT2D eigenvalue weighted by atomic mass is 9.84. The van der Waals surface area contributed by atoms with Crippen LogP contribution in [0.3, 0.4) is 0 Å². The van der Waals surface area contributed by atoms with Gasteiger partial charge in [0.2, 0.25) is 0 Å². The lowest BCUT2D eigenvalue weighted by Gasteiger charge is -2.35. The van der Waals surface area contributed by atoms with Gasteiger partial charge in [0.15, 0.2) is 0 Å². The van der Waals surface area contributed by atoms with Gasteiger partial charge in [-0.2, -0.15) is 0 Å². The molecule has 1 N–H and O–H groups in total. The Balaban J connectivity index is 1.92. The van der Waals surface area contributed by atoms with Gasteiger partial charge in [-0.05, 0) is 31.5 Å². The van der Waals surface area contributed by atoms with E-state index in [0.717, 1.165) is 30.4 Å². The average Bonchev–Trinajstić information content (AvgIpc) is 2.32. The number of halogens is 1. The van der Waals surface area contributed by atoms with Gasteiger partial charge in [-0.25, -0.2) is 0 Å². The van der Waals surface area contributed by atoms with Gasteiger partial charge >= 0.3 is 0 Å². The first-order valence-electron chi connectivity index (χ1n) is 6.73. The number of likely N-dealkylation sites (N-methyl/N-ethyl adjacent to an activating group) is 1. The van der Waals surface area contributed by atoms with Crippen molar-refractivity contribution in [2.45, 2.75) is 44.2 Å². The molecule has 100 valence electrons. The van der Waals surface area contributed by atoms with Gasteiger partial charge < -0.3 is 5.11 Å². The summed E-state index contributed by atoms with van der Waals surface area (Å²) in [5.74, 6) is 0. The molecule has 0 aromatic heterocycles. The normalized spacial score (nSPS) is 19.1. The molecule has 0 amide bonds. The van der Waals surface area contributed by atoms with E-state index in [1.54, 1.807) is 0 Å². The van der Waals surface area contributed by atoms with E-state index in [0.29, 0.717) is 0 Å². The van der Waals surface area contributed by atoms with E-state index in [1.807, 2.05) is 6.07 Å². The van der Waals surface area contributed by atoms with Crippen LogP contribution < -0.4 is 0 Å². The number of rotatable bonds is 4. The van der Waals surface area contributed by atoms with Crippen LogP contribution in [0.4, 0.5) is 0 Å². The monoisotopic (exact) mass is 311 g/mol. The van der Waals surface area contributed by atoms with Crippen molar-refractivity contribution in [3.63, 3.8) is 0 Å². The summed E-state index contributed by atoms with van der Waals surface area (Å²) in [5.41, 5.74) is 0.813. The summed E-state index contributed by atoms with van der Waals surface area (Å²) >= 11 is 3.57. The van der Waals surface area contributed by atoms with Crippen LogP contribution in [0.5, 0.6) is 0 Å². The molecule has 0 bridgehead atoms. The van der Waals surface area contributed by atoms with Gasteiger partial charge in [-0.3, -0.25) is 4.90 Å². The van der Waals surface area contributed by atoms with Crippen molar-refractivity contribution < 1.29 is 5.11 Å². The fourth-order valence-corrected chi connectivity index (χ4v) is 3.25. The fraction of sp³-hybridized carbons (Fsp3) is 0.600. The molecule has 18 heavy (non-hydrogen) atoms. The van der Waals surface area contributed by atoms with Gasteiger partial charge in [0.1, 0.15) is 0 Å². The Hall–Kier alpha value is -0.380. The van der Waals surface area contributed by atoms with Crippen molar-refractivity contribution in [1.29, 1.82) is 0 Å². The predicted molar refractivity (Wildman–Crippen MR) is 78.5 cm³/mol. The Morgan fingerprint density at radius 3 is 2.56 bits per heavy atom. The zero-order valence-corrected chi connectivity index (χ0v) is 12.6. The maximum Gasteiger partial charge on any atom is 0.0774 e. The van der Waals surface area contributed by atoms with E-state index in [-0.39, 0.29) is 0 Å². The highest BCUT2D eigenvalue weighted by Gasteiger charge is 2.30. The van der Waals surface area contributed by atoms with E-state index in [1.165, 1.54) is 24.8 Å². The number of aliphatic hydroxyl groups is 1. The first-order valence-corrected chi connectivity index (χ1v) is 7.53. The molecule has 2 rings (SSSR count). The Bertz CT molecular complexity index is 388. The Morgan fingerprint density at radius 2 is 1.89 bits per heavy atom. The molecule has 0 atom stereocenters. The summed E-state index contributed by atoms with van der Waals surface area (Å²) in [5, 5.41) is 10.5. The fourth-order valence-electron chi connectivity index (χ4n) is 2.84. The second-order valence-electron chi connectivity index (χ2n) is 5.55. The van der Waals surface area contributed by atoms with E-state index in [2.05, 4.69) is 46.1 Å². The van der Waals surface area contributed by atoms with Crippen molar-refractivity contribution in [2.24, 2.45) is 0 Å². The number of hydrogen-bond donors (Lipinski definition) is 1. The molecular weight excluding hydrogens is 290 g/mol. The third-order valence-electron chi connectivity index (χ3n) is 3.75. The van der Waals surface area contributed by atoms with E-state index in [9.17, 15) is 5.11 Å². The van der Waals surface area contributed by atoms with Crippen molar-refractivity contribution in [1.82, 2.24) is 4.90 Å². The topological polar surface area (TPSA) is 23.5 Å². The maximum atomic E-state index is 10.5. The van der Waals surface area contributed by atoms with Gasteiger partial charge in [0.25, 0.3) is 0 Å². The minimum absolute atomic E-state index is 0.464. The van der Waals surface area contributed by atoms with E-state index in [4.69, 9.17) is 0 Å². The first kappa shape index (κ1) is 14.0. The van der Waals surface area contributed by atoms with Crippen molar-refractivity contribution >= 4 is 15.9 Å². The number of benzene rings is 1. The highest BCUT2D eigenvalue weighted by Crippen LogP contribution is 2.29. The average molecular weight is 312 g/mol. The molecule has 3 heteroatoms. The summed E-state index contributed by atoms with van der Waals surface area (Å²) < 4.78 is 1.15. The largest absolute Gasteiger partial charge is 0.389 e. The third-order valence-corrected chi connectivity index (χ3v) is 4.52. The van der Waals surface area contributed by atoms with Crippen LogP contribution in [0.15, 0.2) is 28.7 Å². The molecule has 1 aliphatic rings. The minimum atomic E-state index is -0.464. The van der Waals surface area contributed by atoms with Gasteiger partial charge in [-0.1, -0.05) is 53.4 Å². The van der Waals surface area contributed by atoms with Gasteiger partial charge in [-0.15, -0.1) is 0 Å². The Morgan fingerprint density at radius 1 is 1.22 bits per heavy atom. The Labute approximate surface area is 118 Å². The Kier molecular flexibility index (Phi) is 4.82. The SMILES string of the molecule is CN(Cc1ccccc1Br)CC1(O)CCCCC1. The molecule has 0 heterocycles. The molecule has 2 nitrogen and oxygen atoms in total. The molecule has 0 saturated heterocycles. The standard InChI is InChI=1S/C15H22BrNO/c1-17(11-13-7-3-4-8-14(13)16)12-15(18)9-5-2-6-10-15/h3-4,7-8,18H,2,5-6,9-12H2,1H3. The summed E-state index contributed by atoms with van der Waals surface area (Å²) in [4.78, 5) is 2.23. The van der Waals surface area contributed by atoms with E-state index >= 15 is 0 Å². The molecule has 0 aliphatic heterocycles. The summed E-state index contributed by atoms with van der Waals surface area (Å²) in [6.07, 6.45) is 5.51. The van der Waals surface area contributed by atoms with Crippen molar-refractivity contribution in [3.8, 4) is 0 Å². The highest BCUT2D eigenvalue weighted by atomic mass is 79.9. The second kappa shape index (κ2) is 6.18. The lowest BCUT2D eigenvalue weighted by Crippen LogP contribution is -2.42. The van der Waals surface area contributed by atoms with Crippen LogP contribution in [0.2, 0.25) is 0 Å². The van der Waals surface area contributed by atoms with Crippen LogP contribution in [0, 0.1) is 0 Å². The molecule has 0 radical (unpaired) electrons. The smallest absolute Gasteiger partial charge is 0.0774 e. The molecule has 1 fully saturated rings. The second-order valence-corrected chi connectivity index (χ2v) is 6.40. The summed E-state index contributed by atoms with van der Waals surface area (Å²) in [6.45, 7) is 1.65. The zero-order valence-electron chi connectivity index (χ0n) is 11.0. The zero-order chi connectivity index (χ0) is 13.0. The summed E-state index contributed by atoms with van der Waals surface area (Å²) in [7, 11) is 2.09. The van der Waals surface area contributed by atoms with Crippen LogP contribution in [-0.4, -0.2) is 29.2 Å². The quantitative estimate of drug-likeness (QED) is 0.918. The number of hydrogen-bond acceptors (Lipinski definition) is 2. The predicted octanol–water partition coefficient (Wildman–Crippen LogP) is 3.58. The van der Waals surface area contributed by atoms with Crippen LogP contribution in [-0.2, 0) is 6.54 Å². The van der Waals surface area contributed by atoms with Crippen LogP contribution in [0.1, 0.15) is 37.7 Å². The molecule has 0 spiro atoms. The number of nitrogens with zero attached hydrogens (tertiary/aromatic N) is 1. The molecule has 1 aromatic rings. The van der Waals surface area contributed by atoms with Crippen LogP contribution in [0.25, 0.3) is 0 Å². The van der Waals surface area contributed by atoms with Crippen LogP contribution >= 0.6 is 15.9 Å². The van der Waals surface area contributed by atoms with Gasteiger partial charge in [0, 0.05) is 17.6 Å². The molecule has 1 aromatic carbocycles. The van der Waals surface area contributed by atoms with Gasteiger partial charge in [0.05, 0.1) is 5.60 Å².